The standard InChI is InChI=1S/C9H9FN4/c10-7-3-1-2-6(4-7)5-8-12-9(11)14-13-8/h1-4H,5H2,(H3,11,12,13,14). The lowest BCUT2D eigenvalue weighted by molar-refractivity contribution is 0.626. The lowest BCUT2D eigenvalue weighted by Crippen LogP contribution is -1.92. The summed E-state index contributed by atoms with van der Waals surface area (Å²) in [4.78, 5) is 3.92. The second-order valence-electron chi connectivity index (χ2n) is 2.95. The Hall–Kier alpha value is -1.91. The van der Waals surface area contributed by atoms with Gasteiger partial charge in [0, 0.05) is 6.42 Å². The number of hydrogen-bond donors (Lipinski definition) is 2. The van der Waals surface area contributed by atoms with Gasteiger partial charge < -0.3 is 5.73 Å². The van der Waals surface area contributed by atoms with Gasteiger partial charge in [-0.05, 0) is 17.7 Å². The van der Waals surface area contributed by atoms with Gasteiger partial charge in [0.1, 0.15) is 11.6 Å². The van der Waals surface area contributed by atoms with Crippen molar-refractivity contribution in [3.05, 3.63) is 41.5 Å². The lowest BCUT2D eigenvalue weighted by Gasteiger charge is -1.96. The third kappa shape index (κ3) is 1.87. The number of nitrogens with two attached hydrogens (primary N) is 1. The smallest absolute Gasteiger partial charge is 0.239 e. The number of hydrogen-bond acceptors (Lipinski definition) is 3. The monoisotopic (exact) mass is 192 g/mol. The van der Waals surface area contributed by atoms with Crippen LogP contribution in [-0.4, -0.2) is 15.2 Å². The number of nitrogens with zero attached hydrogens (tertiary/aromatic N) is 2. The van der Waals surface area contributed by atoms with Crippen LogP contribution in [-0.2, 0) is 6.42 Å². The minimum Gasteiger partial charge on any atom is -0.367 e. The van der Waals surface area contributed by atoms with Crippen LogP contribution >= 0.6 is 0 Å². The topological polar surface area (TPSA) is 67.6 Å². The van der Waals surface area contributed by atoms with Gasteiger partial charge in [0.05, 0.1) is 0 Å². The van der Waals surface area contributed by atoms with E-state index in [1.807, 2.05) is 6.07 Å². The van der Waals surface area contributed by atoms with Crippen molar-refractivity contribution in [2.75, 3.05) is 5.73 Å². The first kappa shape index (κ1) is 8.68. The second-order valence-corrected chi connectivity index (χ2v) is 2.95. The van der Waals surface area contributed by atoms with Crippen molar-refractivity contribution in [1.82, 2.24) is 15.2 Å². The van der Waals surface area contributed by atoms with Crippen LogP contribution in [0, 0.1) is 5.82 Å². The van der Waals surface area contributed by atoms with Crippen molar-refractivity contribution in [3.63, 3.8) is 0 Å². The Labute approximate surface area is 80.0 Å². The summed E-state index contributed by atoms with van der Waals surface area (Å²) in [7, 11) is 0. The molecule has 0 saturated carbocycles. The predicted octanol–water partition coefficient (Wildman–Crippen LogP) is 1.12. The number of rotatable bonds is 2. The minimum atomic E-state index is -0.255. The molecule has 1 aromatic carbocycles. The highest BCUT2D eigenvalue weighted by Crippen LogP contribution is 2.07. The van der Waals surface area contributed by atoms with Crippen molar-refractivity contribution < 1.29 is 4.39 Å². The maximum atomic E-state index is 12.8. The zero-order chi connectivity index (χ0) is 9.97. The molecule has 14 heavy (non-hydrogen) atoms. The first-order valence-electron chi connectivity index (χ1n) is 4.15. The zero-order valence-electron chi connectivity index (χ0n) is 7.37. The maximum absolute atomic E-state index is 12.8. The molecule has 0 atom stereocenters. The molecule has 0 saturated heterocycles. The summed E-state index contributed by atoms with van der Waals surface area (Å²) in [5, 5.41) is 6.35. The first-order chi connectivity index (χ1) is 6.74. The van der Waals surface area contributed by atoms with Crippen LogP contribution in [0.5, 0.6) is 0 Å². The molecule has 0 bridgehead atoms. The fraction of sp³-hybridized carbons (Fsp3) is 0.111. The highest BCUT2D eigenvalue weighted by Gasteiger charge is 2.01. The van der Waals surface area contributed by atoms with E-state index in [-0.39, 0.29) is 11.8 Å². The summed E-state index contributed by atoms with van der Waals surface area (Å²) < 4.78 is 12.8. The zero-order valence-corrected chi connectivity index (χ0v) is 7.37. The van der Waals surface area contributed by atoms with Crippen LogP contribution in [0.15, 0.2) is 24.3 Å². The van der Waals surface area contributed by atoms with Crippen LogP contribution in [0.1, 0.15) is 11.4 Å². The predicted molar refractivity (Wildman–Crippen MR) is 50.0 cm³/mol. The van der Waals surface area contributed by atoms with Gasteiger partial charge in [-0.3, -0.25) is 5.10 Å². The average Bonchev–Trinajstić information content (AvgIpc) is 2.51. The van der Waals surface area contributed by atoms with E-state index in [0.717, 1.165) is 5.56 Å². The molecule has 0 amide bonds. The Morgan fingerprint density at radius 2 is 2.29 bits per heavy atom. The molecule has 2 rings (SSSR count). The fourth-order valence-electron chi connectivity index (χ4n) is 1.23. The SMILES string of the molecule is Nc1n[nH]c(Cc2cccc(F)c2)n1. The van der Waals surface area contributed by atoms with Crippen molar-refractivity contribution in [1.29, 1.82) is 0 Å². The van der Waals surface area contributed by atoms with Gasteiger partial charge >= 0.3 is 0 Å². The molecular formula is C9H9FN4. The Morgan fingerprint density at radius 1 is 1.43 bits per heavy atom. The molecule has 5 heteroatoms. The Morgan fingerprint density at radius 3 is 2.93 bits per heavy atom. The van der Waals surface area contributed by atoms with Crippen LogP contribution in [0.4, 0.5) is 10.3 Å². The Kier molecular flexibility index (Phi) is 2.14. The molecule has 3 N–H and O–H groups in total. The molecule has 0 aliphatic rings. The van der Waals surface area contributed by atoms with Crippen molar-refractivity contribution in [2.24, 2.45) is 0 Å². The normalized spacial score (nSPS) is 10.4. The second kappa shape index (κ2) is 3.45. The summed E-state index contributed by atoms with van der Waals surface area (Å²) >= 11 is 0. The molecule has 0 radical (unpaired) electrons. The van der Waals surface area contributed by atoms with Gasteiger partial charge in [0.2, 0.25) is 5.95 Å². The minimum absolute atomic E-state index is 0.205. The van der Waals surface area contributed by atoms with Gasteiger partial charge in [-0.25, -0.2) is 4.39 Å². The van der Waals surface area contributed by atoms with Gasteiger partial charge in [0.15, 0.2) is 0 Å². The van der Waals surface area contributed by atoms with Crippen LogP contribution in [0.3, 0.4) is 0 Å². The molecule has 72 valence electrons. The molecule has 0 unspecified atom stereocenters. The molecular weight excluding hydrogens is 183 g/mol. The summed E-state index contributed by atoms with van der Waals surface area (Å²) in [5.41, 5.74) is 6.17. The van der Waals surface area contributed by atoms with E-state index in [0.29, 0.717) is 12.2 Å². The van der Waals surface area contributed by atoms with Gasteiger partial charge in [0.25, 0.3) is 0 Å². The van der Waals surface area contributed by atoms with Crippen molar-refractivity contribution >= 4 is 5.95 Å². The molecule has 1 aromatic heterocycles. The van der Waals surface area contributed by atoms with Crippen LogP contribution in [0.2, 0.25) is 0 Å². The molecule has 2 aromatic rings. The average molecular weight is 192 g/mol. The summed E-state index contributed by atoms with van der Waals surface area (Å²) in [6.45, 7) is 0. The fourth-order valence-corrected chi connectivity index (χ4v) is 1.23. The van der Waals surface area contributed by atoms with E-state index < -0.39 is 0 Å². The largest absolute Gasteiger partial charge is 0.367 e. The summed E-state index contributed by atoms with van der Waals surface area (Å²) in [6.07, 6.45) is 0.502. The molecule has 1 heterocycles. The van der Waals surface area contributed by atoms with E-state index >= 15 is 0 Å². The van der Waals surface area contributed by atoms with E-state index in [4.69, 9.17) is 5.73 Å². The number of anilines is 1. The summed E-state index contributed by atoms with van der Waals surface area (Å²) in [6, 6.07) is 6.34. The van der Waals surface area contributed by atoms with Crippen molar-refractivity contribution in [3.8, 4) is 0 Å². The number of nitrogens with one attached hydrogen (secondary N) is 1. The van der Waals surface area contributed by atoms with Crippen LogP contribution < -0.4 is 5.73 Å². The van der Waals surface area contributed by atoms with Gasteiger partial charge in [-0.15, -0.1) is 5.10 Å². The number of H-pyrrole nitrogens is 1. The third-order valence-electron chi connectivity index (χ3n) is 1.81. The summed E-state index contributed by atoms with van der Waals surface area (Å²) in [5.74, 6) is 0.583. The highest BCUT2D eigenvalue weighted by atomic mass is 19.1. The number of aromatic nitrogens is 3. The molecule has 0 spiro atoms. The number of halogens is 1. The Balaban J connectivity index is 2.18. The molecule has 0 aliphatic carbocycles. The lowest BCUT2D eigenvalue weighted by atomic mass is 10.1. The van der Waals surface area contributed by atoms with Crippen LogP contribution in [0.25, 0.3) is 0 Å². The molecule has 0 fully saturated rings. The van der Waals surface area contributed by atoms with Crippen molar-refractivity contribution in [2.45, 2.75) is 6.42 Å². The Bertz CT molecular complexity index is 438. The van der Waals surface area contributed by atoms with Gasteiger partial charge in [-0.1, -0.05) is 12.1 Å². The molecule has 0 aliphatic heterocycles. The van der Waals surface area contributed by atoms with E-state index in [1.165, 1.54) is 12.1 Å². The highest BCUT2D eigenvalue weighted by molar-refractivity contribution is 5.22. The number of nitrogen functional groups attached to an aromatic ring is 1. The number of benzene rings is 1. The number of aromatic amines is 1. The van der Waals surface area contributed by atoms with Gasteiger partial charge in [-0.2, -0.15) is 4.98 Å². The quantitative estimate of drug-likeness (QED) is 0.749. The van der Waals surface area contributed by atoms with E-state index in [9.17, 15) is 4.39 Å². The maximum Gasteiger partial charge on any atom is 0.239 e. The third-order valence-corrected chi connectivity index (χ3v) is 1.81. The first-order valence-corrected chi connectivity index (χ1v) is 4.15. The van der Waals surface area contributed by atoms with E-state index in [2.05, 4.69) is 15.2 Å². The molecule has 4 nitrogen and oxygen atoms in total. The van der Waals surface area contributed by atoms with E-state index in [1.54, 1.807) is 6.07 Å².